The Morgan fingerprint density at radius 3 is 2.17 bits per heavy atom. The molecule has 1 atom stereocenters. The van der Waals surface area contributed by atoms with Gasteiger partial charge in [-0.05, 0) is 41.0 Å². The molecule has 0 aliphatic carbocycles. The van der Waals surface area contributed by atoms with Gasteiger partial charge in [-0.25, -0.2) is 0 Å². The quantitative estimate of drug-likeness (QED) is 0.399. The summed E-state index contributed by atoms with van der Waals surface area (Å²) in [6.45, 7) is 3.43. The van der Waals surface area contributed by atoms with Gasteiger partial charge < -0.3 is 9.84 Å². The average molecular weight is 561 g/mol. The average Bonchev–Trinajstić information content (AvgIpc) is 3.23. The molecule has 3 aromatic rings. The fourth-order valence-corrected chi connectivity index (χ4v) is 4.29. The zero-order chi connectivity index (χ0) is 26.1. The maximum atomic E-state index is 13.8. The van der Waals surface area contributed by atoms with Crippen LogP contribution in [-0.4, -0.2) is 40.2 Å². The highest BCUT2D eigenvalue weighted by Gasteiger charge is 2.63. The molecular formula is C27H24BrF3N2O3. The molecule has 1 amide bonds. The molecule has 1 aliphatic heterocycles. The van der Waals surface area contributed by atoms with Crippen molar-refractivity contribution in [3.63, 3.8) is 0 Å². The molecule has 1 N–H and O–H groups in total. The Kier molecular flexibility index (Phi) is 6.99. The Morgan fingerprint density at radius 1 is 1.00 bits per heavy atom. The van der Waals surface area contributed by atoms with Crippen LogP contribution in [-0.2, 0) is 10.2 Å². The number of benzene rings is 3. The molecule has 0 saturated carbocycles. The molecule has 0 bridgehead atoms. The fraction of sp³-hybridized carbons (Fsp3) is 0.259. The van der Waals surface area contributed by atoms with Crippen molar-refractivity contribution < 1.29 is 27.8 Å². The maximum Gasteiger partial charge on any atom is 0.438 e. The van der Waals surface area contributed by atoms with E-state index in [-0.39, 0.29) is 16.1 Å². The summed E-state index contributed by atoms with van der Waals surface area (Å²) in [4.78, 5) is 12.7. The normalized spacial score (nSPS) is 18.2. The fourth-order valence-electron chi connectivity index (χ4n) is 4.03. The number of alkyl halides is 3. The molecule has 0 aromatic heterocycles. The van der Waals surface area contributed by atoms with Crippen molar-refractivity contribution in [3.05, 3.63) is 100 Å². The van der Waals surface area contributed by atoms with Crippen LogP contribution in [0.15, 0.2) is 88.4 Å². The van der Waals surface area contributed by atoms with E-state index in [0.717, 1.165) is 15.6 Å². The second kappa shape index (κ2) is 9.71. The minimum Gasteiger partial charge on any atom is -0.484 e. The zero-order valence-electron chi connectivity index (χ0n) is 19.6. The van der Waals surface area contributed by atoms with Gasteiger partial charge in [0, 0.05) is 9.89 Å². The van der Waals surface area contributed by atoms with E-state index in [1.54, 1.807) is 36.4 Å². The van der Waals surface area contributed by atoms with Crippen molar-refractivity contribution >= 4 is 27.5 Å². The van der Waals surface area contributed by atoms with Gasteiger partial charge in [-0.2, -0.15) is 23.3 Å². The van der Waals surface area contributed by atoms with Crippen molar-refractivity contribution in [2.24, 2.45) is 5.10 Å². The second-order valence-electron chi connectivity index (χ2n) is 9.05. The lowest BCUT2D eigenvalue weighted by molar-refractivity contribution is -0.302. The Labute approximate surface area is 215 Å². The molecule has 4 rings (SSSR count). The Morgan fingerprint density at radius 2 is 1.58 bits per heavy atom. The van der Waals surface area contributed by atoms with E-state index in [2.05, 4.69) is 34.9 Å². The monoisotopic (exact) mass is 560 g/mol. The van der Waals surface area contributed by atoms with Crippen LogP contribution in [0.5, 0.6) is 5.75 Å². The number of ether oxygens (including phenoxy) is 1. The molecule has 0 radical (unpaired) electrons. The summed E-state index contributed by atoms with van der Waals surface area (Å²) in [5, 5.41) is 14.4. The third kappa shape index (κ3) is 5.03. The van der Waals surface area contributed by atoms with Gasteiger partial charge in [-0.1, -0.05) is 84.4 Å². The molecule has 9 heteroatoms. The number of carbonyl (C=O) groups excluding carboxylic acids is 1. The lowest BCUT2D eigenvalue weighted by Gasteiger charge is -2.32. The molecule has 1 heterocycles. The molecule has 5 nitrogen and oxygen atoms in total. The highest BCUT2D eigenvalue weighted by molar-refractivity contribution is 9.10. The molecule has 188 valence electrons. The van der Waals surface area contributed by atoms with Crippen molar-refractivity contribution in [1.82, 2.24) is 5.01 Å². The van der Waals surface area contributed by atoms with Crippen LogP contribution in [0.1, 0.15) is 37.0 Å². The van der Waals surface area contributed by atoms with E-state index < -0.39 is 30.8 Å². The lowest BCUT2D eigenvalue weighted by Crippen LogP contribution is -2.57. The largest absolute Gasteiger partial charge is 0.484 e. The first-order valence-corrected chi connectivity index (χ1v) is 12.0. The maximum absolute atomic E-state index is 13.8. The lowest BCUT2D eigenvalue weighted by atomic mass is 9.78. The third-order valence-corrected chi connectivity index (χ3v) is 6.82. The van der Waals surface area contributed by atoms with Crippen LogP contribution in [0.3, 0.4) is 0 Å². The van der Waals surface area contributed by atoms with Crippen molar-refractivity contribution in [2.75, 3.05) is 6.61 Å². The summed E-state index contributed by atoms with van der Waals surface area (Å²) in [5.74, 6) is -0.807. The van der Waals surface area contributed by atoms with E-state index >= 15 is 0 Å². The molecule has 1 aliphatic rings. The molecule has 0 spiro atoms. The molecular weight excluding hydrogens is 537 g/mol. The minimum atomic E-state index is -5.12. The van der Waals surface area contributed by atoms with Gasteiger partial charge in [0.1, 0.15) is 5.75 Å². The van der Waals surface area contributed by atoms with Crippen LogP contribution in [0, 0.1) is 0 Å². The summed E-state index contributed by atoms with van der Waals surface area (Å²) >= 11 is 3.26. The van der Waals surface area contributed by atoms with Crippen LogP contribution >= 0.6 is 15.9 Å². The highest BCUT2D eigenvalue weighted by atomic mass is 79.9. The van der Waals surface area contributed by atoms with Gasteiger partial charge in [-0.3, -0.25) is 4.79 Å². The van der Waals surface area contributed by atoms with E-state index in [1.807, 2.05) is 42.5 Å². The molecule has 0 saturated heterocycles. The van der Waals surface area contributed by atoms with Gasteiger partial charge in [0.25, 0.3) is 11.6 Å². The number of amides is 1. The first-order chi connectivity index (χ1) is 16.9. The predicted molar refractivity (Wildman–Crippen MR) is 134 cm³/mol. The SMILES string of the molecule is CC(C)(c1ccccc1)c1ccc(OCC(=O)N2N=C(c3ccc(Br)cc3)CC2(O)C(F)(F)F)cc1. The Hall–Kier alpha value is -3.17. The summed E-state index contributed by atoms with van der Waals surface area (Å²) in [5.41, 5.74) is -1.31. The van der Waals surface area contributed by atoms with Gasteiger partial charge >= 0.3 is 6.18 Å². The van der Waals surface area contributed by atoms with Crippen LogP contribution in [0.2, 0.25) is 0 Å². The van der Waals surface area contributed by atoms with E-state index in [9.17, 15) is 23.1 Å². The number of hydrogen-bond acceptors (Lipinski definition) is 4. The first-order valence-electron chi connectivity index (χ1n) is 11.2. The van der Waals surface area contributed by atoms with Crippen LogP contribution < -0.4 is 4.74 Å². The van der Waals surface area contributed by atoms with Crippen LogP contribution in [0.4, 0.5) is 13.2 Å². The Bertz CT molecular complexity index is 1260. The van der Waals surface area contributed by atoms with Gasteiger partial charge in [-0.15, -0.1) is 0 Å². The first kappa shape index (κ1) is 25.9. The number of nitrogens with zero attached hydrogens (tertiary/aromatic N) is 2. The molecule has 0 fully saturated rings. The molecule has 36 heavy (non-hydrogen) atoms. The summed E-state index contributed by atoms with van der Waals surface area (Å²) in [6.07, 6.45) is -6.00. The smallest absolute Gasteiger partial charge is 0.438 e. The number of carbonyl (C=O) groups is 1. The van der Waals surface area contributed by atoms with Crippen molar-refractivity contribution in [2.45, 2.75) is 37.6 Å². The number of halogens is 4. The minimum absolute atomic E-state index is 0.0526. The number of aliphatic hydroxyl groups is 1. The second-order valence-corrected chi connectivity index (χ2v) is 9.97. The zero-order valence-corrected chi connectivity index (χ0v) is 21.2. The number of hydrogen-bond donors (Lipinski definition) is 1. The van der Waals surface area contributed by atoms with E-state index in [4.69, 9.17) is 4.74 Å². The molecule has 1 unspecified atom stereocenters. The molecule has 3 aromatic carbocycles. The standard InChI is InChI=1S/C27H24BrF3N2O3/c1-25(2,19-6-4-3-5-7-19)20-10-14-22(15-11-20)36-17-24(34)33-26(35,27(29,30)31)16-23(32-33)18-8-12-21(28)13-9-18/h3-15,35H,16-17H2,1-2H3. The predicted octanol–water partition coefficient (Wildman–Crippen LogP) is 6.04. The topological polar surface area (TPSA) is 62.1 Å². The van der Waals surface area contributed by atoms with Gasteiger partial charge in [0.15, 0.2) is 6.61 Å². The van der Waals surface area contributed by atoms with Crippen molar-refractivity contribution in [3.8, 4) is 5.75 Å². The third-order valence-electron chi connectivity index (χ3n) is 6.29. The van der Waals surface area contributed by atoms with E-state index in [0.29, 0.717) is 11.3 Å². The summed E-state index contributed by atoms with van der Waals surface area (Å²) in [7, 11) is 0. The Balaban J connectivity index is 1.50. The van der Waals surface area contributed by atoms with Crippen LogP contribution in [0.25, 0.3) is 0 Å². The highest BCUT2D eigenvalue weighted by Crippen LogP contribution is 2.41. The summed E-state index contributed by atoms with van der Waals surface area (Å²) in [6, 6.07) is 23.3. The van der Waals surface area contributed by atoms with Gasteiger partial charge in [0.05, 0.1) is 12.1 Å². The number of hydrazone groups is 1. The number of rotatable bonds is 6. The van der Waals surface area contributed by atoms with E-state index in [1.165, 1.54) is 0 Å². The summed E-state index contributed by atoms with van der Waals surface area (Å²) < 4.78 is 47.6. The van der Waals surface area contributed by atoms with Gasteiger partial charge in [0.2, 0.25) is 0 Å². The van der Waals surface area contributed by atoms with Crippen molar-refractivity contribution in [1.29, 1.82) is 0 Å².